The highest BCUT2D eigenvalue weighted by Crippen LogP contribution is 2.27. The number of amides is 2. The van der Waals surface area contributed by atoms with Crippen molar-refractivity contribution in [1.82, 2.24) is 10.7 Å². The minimum Gasteiger partial charge on any atom is -0.347 e. The largest absolute Gasteiger partial charge is 0.347 e. The number of fused-ring (bicyclic) bond motifs is 2. The summed E-state index contributed by atoms with van der Waals surface area (Å²) in [6.07, 6.45) is 15.9. The van der Waals surface area contributed by atoms with E-state index in [1.54, 1.807) is 6.21 Å². The molecule has 0 aliphatic heterocycles. The van der Waals surface area contributed by atoms with Crippen LogP contribution in [-0.2, 0) is 9.59 Å². The SMILES string of the molecule is CCCCCCCCCCCCCC(=O)NCC(=O)N/N=C\c1c2ccccc2cc2ccccc12. The van der Waals surface area contributed by atoms with Crippen LogP contribution in [0.1, 0.15) is 89.5 Å². The van der Waals surface area contributed by atoms with Gasteiger partial charge in [-0.3, -0.25) is 9.59 Å². The van der Waals surface area contributed by atoms with E-state index in [-0.39, 0.29) is 18.4 Å². The molecule has 3 aromatic rings. The van der Waals surface area contributed by atoms with E-state index in [0.29, 0.717) is 6.42 Å². The van der Waals surface area contributed by atoms with Crippen molar-refractivity contribution >= 4 is 39.6 Å². The molecule has 5 heteroatoms. The van der Waals surface area contributed by atoms with Crippen molar-refractivity contribution in [2.24, 2.45) is 5.10 Å². The number of hydrogen-bond acceptors (Lipinski definition) is 3. The first-order valence-corrected chi connectivity index (χ1v) is 13.7. The normalized spacial score (nSPS) is 11.4. The Balaban J connectivity index is 1.33. The zero-order chi connectivity index (χ0) is 25.4. The molecule has 0 heterocycles. The summed E-state index contributed by atoms with van der Waals surface area (Å²) in [6, 6.07) is 18.4. The number of rotatable bonds is 16. The summed E-state index contributed by atoms with van der Waals surface area (Å²) < 4.78 is 0. The number of carbonyl (C=O) groups excluding carboxylic acids is 2. The molecule has 3 rings (SSSR count). The molecule has 0 unspecified atom stereocenters. The zero-order valence-corrected chi connectivity index (χ0v) is 21.7. The van der Waals surface area contributed by atoms with Crippen LogP contribution in [0, 0.1) is 0 Å². The van der Waals surface area contributed by atoms with Crippen molar-refractivity contribution in [3.8, 4) is 0 Å². The van der Waals surface area contributed by atoms with Gasteiger partial charge in [-0.15, -0.1) is 0 Å². The summed E-state index contributed by atoms with van der Waals surface area (Å²) in [5.41, 5.74) is 3.51. The molecule has 0 atom stereocenters. The molecule has 0 radical (unpaired) electrons. The van der Waals surface area contributed by atoms with Gasteiger partial charge in [0.25, 0.3) is 5.91 Å². The van der Waals surface area contributed by atoms with E-state index in [4.69, 9.17) is 0 Å². The third-order valence-electron chi connectivity index (χ3n) is 6.65. The molecular formula is C31H41N3O2. The summed E-state index contributed by atoms with van der Waals surface area (Å²) in [7, 11) is 0. The molecule has 2 N–H and O–H groups in total. The lowest BCUT2D eigenvalue weighted by molar-refractivity contribution is -0.126. The summed E-state index contributed by atoms with van der Waals surface area (Å²) >= 11 is 0. The number of hydrogen-bond donors (Lipinski definition) is 2. The molecule has 0 saturated carbocycles. The number of hydrazone groups is 1. The van der Waals surface area contributed by atoms with Crippen molar-refractivity contribution in [3.63, 3.8) is 0 Å². The van der Waals surface area contributed by atoms with Crippen molar-refractivity contribution in [1.29, 1.82) is 0 Å². The van der Waals surface area contributed by atoms with E-state index in [1.165, 1.54) is 57.8 Å². The van der Waals surface area contributed by atoms with Gasteiger partial charge in [0.2, 0.25) is 5.91 Å². The summed E-state index contributed by atoms with van der Waals surface area (Å²) in [6.45, 7) is 2.18. The molecule has 0 bridgehead atoms. The second-order valence-electron chi connectivity index (χ2n) is 9.59. The Kier molecular flexibility index (Phi) is 12.0. The molecule has 192 valence electrons. The number of nitrogens with zero attached hydrogens (tertiary/aromatic N) is 1. The fourth-order valence-corrected chi connectivity index (χ4v) is 4.61. The second kappa shape index (κ2) is 15.7. The predicted octanol–water partition coefficient (Wildman–Crippen LogP) is 7.26. The first-order valence-electron chi connectivity index (χ1n) is 13.7. The Hall–Kier alpha value is -3.21. The molecule has 5 nitrogen and oxygen atoms in total. The monoisotopic (exact) mass is 487 g/mol. The number of nitrogens with one attached hydrogen (secondary N) is 2. The Bertz CT molecular complexity index is 1090. The van der Waals surface area contributed by atoms with Gasteiger partial charge < -0.3 is 5.32 Å². The van der Waals surface area contributed by atoms with Gasteiger partial charge in [0.15, 0.2) is 0 Å². The van der Waals surface area contributed by atoms with Crippen molar-refractivity contribution in [3.05, 3.63) is 60.2 Å². The Morgan fingerprint density at radius 2 is 1.25 bits per heavy atom. The highest BCUT2D eigenvalue weighted by atomic mass is 16.2. The van der Waals surface area contributed by atoms with Crippen LogP contribution in [0.25, 0.3) is 21.5 Å². The first-order chi connectivity index (χ1) is 17.7. The minimum absolute atomic E-state index is 0.0650. The third-order valence-corrected chi connectivity index (χ3v) is 6.65. The third kappa shape index (κ3) is 9.10. The maximum absolute atomic E-state index is 12.2. The minimum atomic E-state index is -0.330. The summed E-state index contributed by atoms with van der Waals surface area (Å²) in [5.74, 6) is -0.409. The lowest BCUT2D eigenvalue weighted by Crippen LogP contribution is -2.34. The quantitative estimate of drug-likeness (QED) is 0.0966. The van der Waals surface area contributed by atoms with Crippen LogP contribution in [0.3, 0.4) is 0 Å². The lowest BCUT2D eigenvalue weighted by Gasteiger charge is -2.08. The van der Waals surface area contributed by atoms with Gasteiger partial charge in [-0.05, 0) is 34.0 Å². The molecule has 0 aromatic heterocycles. The maximum Gasteiger partial charge on any atom is 0.259 e. The predicted molar refractivity (Wildman–Crippen MR) is 151 cm³/mol. The van der Waals surface area contributed by atoms with Crippen molar-refractivity contribution in [2.45, 2.75) is 84.0 Å². The molecule has 36 heavy (non-hydrogen) atoms. The standard InChI is InChI=1S/C31H41N3O2/c1-2-3-4-5-6-7-8-9-10-11-12-21-30(35)32-24-31(36)34-33-23-29-27-19-15-13-17-25(27)22-26-18-14-16-20-28(26)29/h13-20,22-23H,2-12,21,24H2,1H3,(H,32,35)(H,34,36)/b33-23-. The Morgan fingerprint density at radius 1 is 0.722 bits per heavy atom. The summed E-state index contributed by atoms with van der Waals surface area (Å²) in [4.78, 5) is 24.3. The first kappa shape index (κ1) is 27.4. The highest BCUT2D eigenvalue weighted by molar-refractivity contribution is 6.13. The molecule has 2 amide bonds. The van der Waals surface area contributed by atoms with Gasteiger partial charge in [-0.1, -0.05) is 120 Å². The van der Waals surface area contributed by atoms with Crippen LogP contribution in [0.4, 0.5) is 0 Å². The molecular weight excluding hydrogens is 446 g/mol. The van der Waals surface area contributed by atoms with Crippen LogP contribution < -0.4 is 10.7 Å². The molecule has 0 aliphatic rings. The molecule has 0 saturated heterocycles. The van der Waals surface area contributed by atoms with Gasteiger partial charge in [0.05, 0.1) is 12.8 Å². The average molecular weight is 488 g/mol. The van der Waals surface area contributed by atoms with E-state index in [1.807, 2.05) is 24.3 Å². The van der Waals surface area contributed by atoms with Crippen LogP contribution in [0.15, 0.2) is 59.7 Å². The van der Waals surface area contributed by atoms with E-state index in [9.17, 15) is 9.59 Å². The van der Waals surface area contributed by atoms with Gasteiger partial charge >= 0.3 is 0 Å². The van der Waals surface area contributed by atoms with Gasteiger partial charge in [0.1, 0.15) is 0 Å². The van der Waals surface area contributed by atoms with Crippen LogP contribution >= 0.6 is 0 Å². The topological polar surface area (TPSA) is 70.6 Å². The van der Waals surface area contributed by atoms with E-state index >= 15 is 0 Å². The van der Waals surface area contributed by atoms with Crippen LogP contribution in [-0.4, -0.2) is 24.6 Å². The summed E-state index contributed by atoms with van der Waals surface area (Å²) in [5, 5.41) is 11.3. The molecule has 0 spiro atoms. The number of unbranched alkanes of at least 4 members (excludes halogenated alkanes) is 10. The molecule has 0 fully saturated rings. The number of carbonyl (C=O) groups is 2. The second-order valence-corrected chi connectivity index (χ2v) is 9.59. The van der Waals surface area contributed by atoms with Gasteiger partial charge in [-0.2, -0.15) is 5.10 Å². The van der Waals surface area contributed by atoms with Gasteiger partial charge in [0, 0.05) is 12.0 Å². The Morgan fingerprint density at radius 3 is 1.83 bits per heavy atom. The maximum atomic E-state index is 12.2. The number of benzene rings is 3. The Labute approximate surface area is 215 Å². The fourth-order valence-electron chi connectivity index (χ4n) is 4.61. The smallest absolute Gasteiger partial charge is 0.259 e. The van der Waals surface area contributed by atoms with Crippen molar-refractivity contribution < 1.29 is 9.59 Å². The molecule has 3 aromatic carbocycles. The van der Waals surface area contributed by atoms with Crippen LogP contribution in [0.2, 0.25) is 0 Å². The van der Waals surface area contributed by atoms with Crippen molar-refractivity contribution in [2.75, 3.05) is 6.54 Å². The van der Waals surface area contributed by atoms with E-state index in [0.717, 1.165) is 39.9 Å². The lowest BCUT2D eigenvalue weighted by atomic mass is 9.97. The van der Waals surface area contributed by atoms with Crippen LogP contribution in [0.5, 0.6) is 0 Å². The van der Waals surface area contributed by atoms with E-state index < -0.39 is 0 Å². The highest BCUT2D eigenvalue weighted by Gasteiger charge is 2.07. The average Bonchev–Trinajstić information content (AvgIpc) is 2.90. The molecule has 0 aliphatic carbocycles. The fraction of sp³-hybridized carbons (Fsp3) is 0.452. The zero-order valence-electron chi connectivity index (χ0n) is 21.7. The van der Waals surface area contributed by atoms with E-state index in [2.05, 4.69) is 53.1 Å². The van der Waals surface area contributed by atoms with Gasteiger partial charge in [-0.25, -0.2) is 5.43 Å².